The zero-order chi connectivity index (χ0) is 22.9. The Bertz CT molecular complexity index is 1130. The van der Waals surface area contributed by atoms with Crippen LogP contribution in [0.15, 0.2) is 48.6 Å². The van der Waals surface area contributed by atoms with Crippen LogP contribution in [0.4, 0.5) is 4.79 Å². The first-order valence-corrected chi connectivity index (χ1v) is 11.6. The predicted molar refractivity (Wildman–Crippen MR) is 127 cm³/mol. The first-order chi connectivity index (χ1) is 15.0. The molecule has 5 rings (SSSR count). The molecule has 1 saturated heterocycles. The van der Waals surface area contributed by atoms with Crippen LogP contribution in [0.2, 0.25) is 0 Å². The topological polar surface area (TPSA) is 49.4 Å². The minimum atomic E-state index is -0.304. The van der Waals surface area contributed by atoms with E-state index in [1.54, 1.807) is 0 Å². The number of nitrogens with zero attached hydrogens (tertiary/aromatic N) is 1. The van der Waals surface area contributed by atoms with Gasteiger partial charge in [0.2, 0.25) is 5.91 Å². The van der Waals surface area contributed by atoms with E-state index in [0.29, 0.717) is 6.54 Å². The van der Waals surface area contributed by atoms with Crippen molar-refractivity contribution in [3.05, 3.63) is 81.9 Å². The lowest BCUT2D eigenvalue weighted by Crippen LogP contribution is -2.30. The van der Waals surface area contributed by atoms with Crippen LogP contribution in [0.25, 0.3) is 0 Å². The number of hydrogen-bond donors (Lipinski definition) is 1. The summed E-state index contributed by atoms with van der Waals surface area (Å²) in [6.45, 7) is 11.9. The highest BCUT2D eigenvalue weighted by Crippen LogP contribution is 2.56. The molecule has 2 fully saturated rings. The summed E-state index contributed by atoms with van der Waals surface area (Å²) in [6, 6.07) is 13.1. The van der Waals surface area contributed by atoms with Crippen molar-refractivity contribution in [2.75, 3.05) is 6.54 Å². The van der Waals surface area contributed by atoms with Gasteiger partial charge in [-0.15, -0.1) is 0 Å². The van der Waals surface area contributed by atoms with Gasteiger partial charge in [-0.25, -0.2) is 4.79 Å². The molecule has 1 aliphatic heterocycles. The molecule has 3 aliphatic rings. The second-order valence-electron chi connectivity index (χ2n) is 10.9. The predicted octanol–water partition coefficient (Wildman–Crippen LogP) is 5.25. The van der Waals surface area contributed by atoms with Crippen LogP contribution in [-0.4, -0.2) is 23.4 Å². The molecule has 4 heteroatoms. The lowest BCUT2D eigenvalue weighted by atomic mass is 9.66. The molecule has 3 amide bonds. The van der Waals surface area contributed by atoms with Crippen molar-refractivity contribution < 1.29 is 9.59 Å². The van der Waals surface area contributed by atoms with E-state index in [-0.39, 0.29) is 34.7 Å². The van der Waals surface area contributed by atoms with Crippen molar-refractivity contribution in [2.45, 2.75) is 70.3 Å². The zero-order valence-corrected chi connectivity index (χ0v) is 19.7. The lowest BCUT2D eigenvalue weighted by Gasteiger charge is -2.38. The van der Waals surface area contributed by atoms with E-state index in [0.717, 1.165) is 18.4 Å². The third kappa shape index (κ3) is 3.19. The van der Waals surface area contributed by atoms with E-state index in [9.17, 15) is 9.59 Å². The number of benzene rings is 2. The molecule has 4 nitrogen and oxygen atoms in total. The number of carbonyl (C=O) groups is 2. The molecule has 2 aliphatic carbocycles. The van der Waals surface area contributed by atoms with E-state index >= 15 is 0 Å². The lowest BCUT2D eigenvalue weighted by molar-refractivity contribution is -0.125. The molecule has 2 aromatic rings. The van der Waals surface area contributed by atoms with Crippen molar-refractivity contribution in [3.63, 3.8) is 0 Å². The number of urea groups is 1. The van der Waals surface area contributed by atoms with Crippen molar-refractivity contribution in [2.24, 2.45) is 0 Å². The van der Waals surface area contributed by atoms with Gasteiger partial charge in [-0.3, -0.25) is 9.69 Å². The maximum Gasteiger partial charge on any atom is 0.324 e. The van der Waals surface area contributed by atoms with Gasteiger partial charge in [0.05, 0.1) is 13.1 Å². The Kier molecular flexibility index (Phi) is 4.47. The summed E-state index contributed by atoms with van der Waals surface area (Å²) in [4.78, 5) is 25.0. The van der Waals surface area contributed by atoms with E-state index in [1.807, 2.05) is 0 Å². The largest absolute Gasteiger partial charge is 0.329 e. The Hall–Kier alpha value is -2.88. The number of imide groups is 1. The first kappa shape index (κ1) is 21.0. The second-order valence-corrected chi connectivity index (χ2v) is 10.9. The zero-order valence-electron chi connectivity index (χ0n) is 19.7. The molecule has 0 radical (unpaired) electrons. The fourth-order valence-corrected chi connectivity index (χ4v) is 5.45. The molecule has 1 saturated carbocycles. The van der Waals surface area contributed by atoms with Gasteiger partial charge in [-0.2, -0.15) is 0 Å². The number of aryl methyl sites for hydroxylation is 1. The van der Waals surface area contributed by atoms with Crippen LogP contribution in [0.5, 0.6) is 0 Å². The number of fused-ring (bicyclic) bond motifs is 1. The minimum absolute atomic E-state index is 0.0239. The van der Waals surface area contributed by atoms with Gasteiger partial charge in [-0.1, -0.05) is 76.2 Å². The number of rotatable bonds is 4. The van der Waals surface area contributed by atoms with Gasteiger partial charge < -0.3 is 5.32 Å². The monoisotopic (exact) mass is 428 g/mol. The second kappa shape index (κ2) is 6.81. The smallest absolute Gasteiger partial charge is 0.324 e. The molecule has 0 spiro atoms. The number of amides is 3. The van der Waals surface area contributed by atoms with E-state index < -0.39 is 0 Å². The summed E-state index contributed by atoms with van der Waals surface area (Å²) < 4.78 is 0. The summed E-state index contributed by atoms with van der Waals surface area (Å²) in [7, 11) is 0. The van der Waals surface area contributed by atoms with Gasteiger partial charge in [0, 0.05) is 16.2 Å². The number of nitrogens with one attached hydrogen (secondary N) is 1. The van der Waals surface area contributed by atoms with Crippen LogP contribution in [0.1, 0.15) is 73.9 Å². The normalized spacial score (nSPS) is 22.0. The van der Waals surface area contributed by atoms with Gasteiger partial charge >= 0.3 is 6.03 Å². The Morgan fingerprint density at radius 3 is 2.00 bits per heavy atom. The maximum absolute atomic E-state index is 11.9. The van der Waals surface area contributed by atoms with Crippen molar-refractivity contribution in [1.29, 1.82) is 0 Å². The summed E-state index contributed by atoms with van der Waals surface area (Å²) >= 11 is 0. The Labute approximate surface area is 190 Å². The molecule has 0 atom stereocenters. The highest BCUT2D eigenvalue weighted by molar-refractivity contribution is 6.01. The van der Waals surface area contributed by atoms with Gasteiger partial charge in [0.25, 0.3) is 0 Å². The molecule has 1 N–H and O–H groups in total. The molecule has 0 bridgehead atoms. The van der Waals surface area contributed by atoms with Gasteiger partial charge in [0.15, 0.2) is 0 Å². The summed E-state index contributed by atoms with van der Waals surface area (Å²) in [5, 5.41) is 2.58. The standard InChI is InChI=1S/C28H32N2O2/c1-18-14-22-23(27(4,5)11-10-26(22,2)3)15-21(18)28(12-13-28)20-8-6-19(7-9-20)17-30-24(31)16-29-25(30)32/h6-11,14-15H,12-13,16-17H2,1-5H3,(H,29,32). The van der Waals surface area contributed by atoms with Gasteiger partial charge in [-0.05, 0) is 53.1 Å². The van der Waals surface area contributed by atoms with Crippen molar-refractivity contribution in [1.82, 2.24) is 10.2 Å². The molecule has 2 aromatic carbocycles. The molecular formula is C28H32N2O2. The van der Waals surface area contributed by atoms with E-state index in [2.05, 4.69) is 88.5 Å². The first-order valence-electron chi connectivity index (χ1n) is 11.6. The molecule has 166 valence electrons. The van der Waals surface area contributed by atoms with Crippen molar-refractivity contribution >= 4 is 11.9 Å². The van der Waals surface area contributed by atoms with Crippen LogP contribution in [0.3, 0.4) is 0 Å². The van der Waals surface area contributed by atoms with Crippen LogP contribution in [0, 0.1) is 6.92 Å². The Balaban J connectivity index is 1.49. The summed E-state index contributed by atoms with van der Waals surface area (Å²) in [5.74, 6) is -0.165. The molecular weight excluding hydrogens is 396 g/mol. The molecule has 32 heavy (non-hydrogen) atoms. The van der Waals surface area contributed by atoms with E-state index in [1.165, 1.54) is 32.7 Å². The maximum atomic E-state index is 11.9. The molecule has 1 heterocycles. The van der Waals surface area contributed by atoms with Gasteiger partial charge in [0.1, 0.15) is 0 Å². The number of carbonyl (C=O) groups excluding carboxylic acids is 2. The Morgan fingerprint density at radius 2 is 1.47 bits per heavy atom. The fraction of sp³-hybridized carbons (Fsp3) is 0.429. The quantitative estimate of drug-likeness (QED) is 0.534. The number of hydrogen-bond acceptors (Lipinski definition) is 2. The third-order valence-electron chi connectivity index (χ3n) is 7.72. The van der Waals surface area contributed by atoms with Crippen molar-refractivity contribution in [3.8, 4) is 0 Å². The van der Waals surface area contributed by atoms with Crippen LogP contribution < -0.4 is 5.32 Å². The minimum Gasteiger partial charge on any atom is -0.329 e. The van der Waals surface area contributed by atoms with Crippen LogP contribution >= 0.6 is 0 Å². The van der Waals surface area contributed by atoms with E-state index in [4.69, 9.17) is 0 Å². The highest BCUT2D eigenvalue weighted by atomic mass is 16.2. The number of allylic oxidation sites excluding steroid dienone is 2. The molecule has 0 aromatic heterocycles. The Morgan fingerprint density at radius 1 is 0.875 bits per heavy atom. The summed E-state index contributed by atoms with van der Waals surface area (Å²) in [5.41, 5.74) is 8.12. The summed E-state index contributed by atoms with van der Waals surface area (Å²) in [6.07, 6.45) is 7.02. The SMILES string of the molecule is Cc1cc2c(cc1C1(c3ccc(CN4C(=O)CNC4=O)cc3)CC1)C(C)(C)C=CC2(C)C. The average molecular weight is 429 g/mol. The fourth-order valence-electron chi connectivity index (χ4n) is 5.45. The van der Waals surface area contributed by atoms with Crippen LogP contribution in [-0.2, 0) is 27.6 Å². The highest BCUT2D eigenvalue weighted by Gasteiger charge is 2.48. The molecule has 0 unspecified atom stereocenters. The third-order valence-corrected chi connectivity index (χ3v) is 7.72. The average Bonchev–Trinajstić information content (AvgIpc) is 3.49.